The molecular weight excluding hydrogens is 316 g/mol. The van der Waals surface area contributed by atoms with Gasteiger partial charge in [-0.05, 0) is 54.7 Å². The molecule has 1 aromatic rings. The van der Waals surface area contributed by atoms with E-state index in [1.807, 2.05) is 24.3 Å². The van der Waals surface area contributed by atoms with Crippen LogP contribution in [0.1, 0.15) is 24.8 Å². The van der Waals surface area contributed by atoms with Crippen LogP contribution in [-0.2, 0) is 5.60 Å². The third-order valence-electron chi connectivity index (χ3n) is 5.74. The number of aliphatic hydroxyl groups is 1. The lowest BCUT2D eigenvalue weighted by atomic mass is 9.64. The average Bonchev–Trinajstić information content (AvgIpc) is 2.98. The average molecular weight is 335 g/mol. The Labute approximate surface area is 128 Å². The largest absolute Gasteiger partial charge is 0.497 e. The molecule has 2 nitrogen and oxygen atoms in total. The lowest BCUT2D eigenvalue weighted by molar-refractivity contribution is -0.0710. The van der Waals surface area contributed by atoms with Gasteiger partial charge < -0.3 is 9.84 Å². The van der Waals surface area contributed by atoms with Gasteiger partial charge in [0.25, 0.3) is 0 Å². The van der Waals surface area contributed by atoms with Crippen molar-refractivity contribution in [2.45, 2.75) is 29.2 Å². The Bertz CT molecular complexity index is 567. The molecule has 3 aliphatic carbocycles. The zero-order valence-electron chi connectivity index (χ0n) is 11.6. The van der Waals surface area contributed by atoms with E-state index < -0.39 is 5.60 Å². The van der Waals surface area contributed by atoms with E-state index in [2.05, 4.69) is 28.1 Å². The fraction of sp³-hybridized carbons (Fsp3) is 0.529. The van der Waals surface area contributed by atoms with Crippen LogP contribution in [0.25, 0.3) is 0 Å². The molecule has 0 aromatic heterocycles. The minimum absolute atomic E-state index is 0.206. The van der Waals surface area contributed by atoms with Crippen molar-refractivity contribution in [3.63, 3.8) is 0 Å². The molecule has 106 valence electrons. The lowest BCUT2D eigenvalue weighted by Gasteiger charge is -2.49. The smallest absolute Gasteiger partial charge is 0.118 e. The van der Waals surface area contributed by atoms with E-state index in [-0.39, 0.29) is 4.32 Å². The van der Waals surface area contributed by atoms with Crippen molar-refractivity contribution in [2.24, 2.45) is 17.8 Å². The van der Waals surface area contributed by atoms with Crippen LogP contribution in [0.15, 0.2) is 36.4 Å². The molecular formula is C17H19BrO2. The van der Waals surface area contributed by atoms with Crippen molar-refractivity contribution in [1.82, 2.24) is 0 Å². The van der Waals surface area contributed by atoms with Gasteiger partial charge >= 0.3 is 0 Å². The van der Waals surface area contributed by atoms with Gasteiger partial charge in [-0.25, -0.2) is 0 Å². The third-order valence-corrected chi connectivity index (χ3v) is 7.33. The summed E-state index contributed by atoms with van der Waals surface area (Å²) in [5.41, 5.74) is 0.257. The number of benzene rings is 1. The minimum atomic E-state index is -0.768. The van der Waals surface area contributed by atoms with Gasteiger partial charge in [-0.15, -0.1) is 0 Å². The molecule has 0 unspecified atom stereocenters. The van der Waals surface area contributed by atoms with Crippen molar-refractivity contribution in [3.05, 3.63) is 42.0 Å². The third kappa shape index (κ3) is 1.38. The van der Waals surface area contributed by atoms with Gasteiger partial charge in [0.15, 0.2) is 0 Å². The normalized spacial score (nSPS) is 44.9. The molecule has 1 aromatic carbocycles. The topological polar surface area (TPSA) is 29.5 Å². The van der Waals surface area contributed by atoms with Gasteiger partial charge in [0.1, 0.15) is 11.4 Å². The van der Waals surface area contributed by atoms with Crippen LogP contribution in [0.5, 0.6) is 5.75 Å². The Kier molecular flexibility index (Phi) is 2.65. The van der Waals surface area contributed by atoms with Crippen LogP contribution in [0.4, 0.5) is 0 Å². The highest BCUT2D eigenvalue weighted by atomic mass is 79.9. The number of allylic oxidation sites excluding steroid dienone is 2. The molecule has 2 fully saturated rings. The number of alkyl halides is 1. The molecule has 0 spiro atoms. The Morgan fingerprint density at radius 3 is 2.70 bits per heavy atom. The second kappa shape index (κ2) is 4.11. The number of methoxy groups -OCH3 is 1. The molecule has 20 heavy (non-hydrogen) atoms. The van der Waals surface area contributed by atoms with E-state index in [0.29, 0.717) is 17.8 Å². The fourth-order valence-electron chi connectivity index (χ4n) is 4.73. The Balaban J connectivity index is 1.83. The number of fused-ring (bicyclic) bond motifs is 6. The van der Waals surface area contributed by atoms with Crippen LogP contribution >= 0.6 is 15.9 Å². The Morgan fingerprint density at radius 2 is 2.00 bits per heavy atom. The number of hydrogen-bond acceptors (Lipinski definition) is 2. The number of halogens is 1. The summed E-state index contributed by atoms with van der Waals surface area (Å²) >= 11 is 3.95. The van der Waals surface area contributed by atoms with Crippen LogP contribution < -0.4 is 4.74 Å². The van der Waals surface area contributed by atoms with E-state index in [1.54, 1.807) is 7.11 Å². The molecule has 4 rings (SSSR count). The zero-order chi connectivity index (χ0) is 14.0. The summed E-state index contributed by atoms with van der Waals surface area (Å²) in [5, 5.41) is 11.6. The van der Waals surface area contributed by atoms with Gasteiger partial charge in [0, 0.05) is 0 Å². The van der Waals surface area contributed by atoms with E-state index >= 15 is 0 Å². The van der Waals surface area contributed by atoms with Crippen molar-refractivity contribution in [1.29, 1.82) is 0 Å². The SMILES string of the molecule is COc1ccc([C@]2(O)[C@@H]3CC[C@@]2(Br)[C@@H]2C=C[C@H]3C2)cc1. The summed E-state index contributed by atoms with van der Waals surface area (Å²) in [6, 6.07) is 7.95. The first-order chi connectivity index (χ1) is 9.59. The summed E-state index contributed by atoms with van der Waals surface area (Å²) in [6.07, 6.45) is 7.97. The molecule has 3 aliphatic rings. The number of ether oxygens (including phenoxy) is 1. The van der Waals surface area contributed by atoms with Gasteiger partial charge in [0.2, 0.25) is 0 Å². The molecule has 0 aliphatic heterocycles. The van der Waals surface area contributed by atoms with E-state index in [4.69, 9.17) is 4.74 Å². The highest BCUT2D eigenvalue weighted by molar-refractivity contribution is 9.10. The molecule has 1 N–H and O–H groups in total. The van der Waals surface area contributed by atoms with E-state index in [9.17, 15) is 5.11 Å². The number of rotatable bonds is 2. The van der Waals surface area contributed by atoms with Crippen LogP contribution in [-0.4, -0.2) is 16.5 Å². The second-order valence-electron chi connectivity index (χ2n) is 6.39. The van der Waals surface area contributed by atoms with Gasteiger partial charge in [-0.1, -0.05) is 40.2 Å². The monoisotopic (exact) mass is 334 g/mol. The Morgan fingerprint density at radius 1 is 1.25 bits per heavy atom. The molecule has 2 saturated carbocycles. The van der Waals surface area contributed by atoms with Gasteiger partial charge in [-0.3, -0.25) is 0 Å². The van der Waals surface area contributed by atoms with Gasteiger partial charge in [0.05, 0.1) is 11.4 Å². The predicted molar refractivity (Wildman–Crippen MR) is 82.0 cm³/mol. The Hall–Kier alpha value is -0.800. The summed E-state index contributed by atoms with van der Waals surface area (Å²) in [6.45, 7) is 0. The first-order valence-corrected chi connectivity index (χ1v) is 8.13. The first-order valence-electron chi connectivity index (χ1n) is 7.34. The van der Waals surface area contributed by atoms with Crippen LogP contribution in [0, 0.1) is 17.8 Å². The zero-order valence-corrected chi connectivity index (χ0v) is 13.1. The van der Waals surface area contributed by atoms with Crippen molar-refractivity contribution in [2.75, 3.05) is 7.11 Å². The van der Waals surface area contributed by atoms with Crippen LogP contribution in [0.2, 0.25) is 0 Å². The summed E-state index contributed by atoms with van der Waals surface area (Å²) in [5.74, 6) is 2.13. The second-order valence-corrected chi connectivity index (χ2v) is 7.81. The maximum Gasteiger partial charge on any atom is 0.118 e. The molecule has 0 amide bonds. The highest BCUT2D eigenvalue weighted by Gasteiger charge is 2.67. The molecule has 0 heterocycles. The molecule has 4 bridgehead atoms. The summed E-state index contributed by atoms with van der Waals surface area (Å²) in [7, 11) is 1.67. The van der Waals surface area contributed by atoms with Crippen molar-refractivity contribution >= 4 is 15.9 Å². The summed E-state index contributed by atoms with van der Waals surface area (Å²) in [4.78, 5) is 0. The molecule has 0 radical (unpaired) electrons. The van der Waals surface area contributed by atoms with Crippen molar-refractivity contribution in [3.8, 4) is 5.75 Å². The number of hydrogen-bond donors (Lipinski definition) is 1. The van der Waals surface area contributed by atoms with E-state index in [0.717, 1.165) is 24.2 Å². The summed E-state index contributed by atoms with van der Waals surface area (Å²) < 4.78 is 5.03. The molecule has 3 heteroatoms. The quantitative estimate of drug-likeness (QED) is 0.661. The highest BCUT2D eigenvalue weighted by Crippen LogP contribution is 2.67. The van der Waals surface area contributed by atoms with Crippen LogP contribution in [0.3, 0.4) is 0 Å². The molecule has 0 saturated heterocycles. The lowest BCUT2D eigenvalue weighted by Crippen LogP contribution is -2.54. The first kappa shape index (κ1) is 12.9. The minimum Gasteiger partial charge on any atom is -0.497 e. The predicted octanol–water partition coefficient (Wildman–Crippen LogP) is 3.63. The van der Waals surface area contributed by atoms with E-state index in [1.165, 1.54) is 6.42 Å². The fourth-order valence-corrected chi connectivity index (χ4v) is 5.82. The maximum absolute atomic E-state index is 11.6. The van der Waals surface area contributed by atoms with Crippen molar-refractivity contribution < 1.29 is 9.84 Å². The molecule has 5 atom stereocenters. The maximum atomic E-state index is 11.6. The standard InChI is InChI=1S/C17H19BrO2/c1-20-14-6-4-12(5-7-14)17(19)15-8-9-16(17,18)13-3-2-11(15)10-13/h2-7,11,13,15,19H,8-10H2,1H3/t11-,13+,15+,16+,17-/m0/s1. The van der Waals surface area contributed by atoms with Gasteiger partial charge in [-0.2, -0.15) is 0 Å².